The van der Waals surface area contributed by atoms with Crippen LogP contribution in [-0.2, 0) is 16.0 Å². The molecule has 0 spiro atoms. The molecule has 2 aromatic rings. The Hall–Kier alpha value is -3.22. The molecule has 3 N–H and O–H groups in total. The number of hydrogen-bond acceptors (Lipinski definition) is 4. The summed E-state index contributed by atoms with van der Waals surface area (Å²) in [4.78, 5) is 34.7. The molecule has 0 aromatic heterocycles. The van der Waals surface area contributed by atoms with Crippen molar-refractivity contribution in [1.29, 1.82) is 0 Å². The van der Waals surface area contributed by atoms with Crippen molar-refractivity contribution in [1.82, 2.24) is 5.32 Å². The highest BCUT2D eigenvalue weighted by Gasteiger charge is 2.19. The lowest BCUT2D eigenvalue weighted by atomic mass is 10.0. The van der Waals surface area contributed by atoms with Crippen LogP contribution in [0.25, 0.3) is 0 Å². The average molecular weight is 344 g/mol. The zero-order chi connectivity index (χ0) is 18.4. The van der Waals surface area contributed by atoms with Gasteiger partial charge in [-0.3, -0.25) is 14.4 Å². The van der Waals surface area contributed by atoms with Gasteiger partial charge in [0, 0.05) is 18.9 Å². The third kappa shape index (κ3) is 5.42. The van der Waals surface area contributed by atoms with Crippen molar-refractivity contribution < 1.29 is 23.5 Å². The molecule has 0 unspecified atom stereocenters. The molecule has 1 atom stereocenters. The highest BCUT2D eigenvalue weighted by molar-refractivity contribution is 5.97. The number of esters is 1. The number of hydrogen-bond donors (Lipinski definition) is 2. The van der Waals surface area contributed by atoms with Crippen molar-refractivity contribution in [3.8, 4) is 5.75 Å². The van der Waals surface area contributed by atoms with E-state index in [1.165, 1.54) is 55.5 Å². The van der Waals surface area contributed by atoms with E-state index < -0.39 is 29.6 Å². The van der Waals surface area contributed by atoms with Gasteiger partial charge in [-0.2, -0.15) is 0 Å². The molecular weight excluding hydrogens is 327 g/mol. The molecule has 2 rings (SSSR count). The standard InChI is InChI=1S/C18H17FN2O4/c1-11(22)25-15-8-4-13(5-9-15)18(24)21-16(17(20)23)10-12-2-6-14(19)7-3-12/h2-9,16H,10H2,1H3,(H2,20,23)(H,21,24)/t16-/m0/s1. The van der Waals surface area contributed by atoms with E-state index in [2.05, 4.69) is 5.32 Å². The normalized spacial score (nSPS) is 11.4. The van der Waals surface area contributed by atoms with Crippen molar-refractivity contribution in [3.63, 3.8) is 0 Å². The second kappa shape index (κ2) is 8.05. The second-order valence-electron chi connectivity index (χ2n) is 5.38. The highest BCUT2D eigenvalue weighted by Crippen LogP contribution is 2.13. The monoisotopic (exact) mass is 344 g/mol. The van der Waals surface area contributed by atoms with Crippen LogP contribution in [0.4, 0.5) is 4.39 Å². The molecule has 0 saturated carbocycles. The number of nitrogens with one attached hydrogen (secondary N) is 1. The van der Waals surface area contributed by atoms with Crippen LogP contribution >= 0.6 is 0 Å². The van der Waals surface area contributed by atoms with E-state index in [-0.39, 0.29) is 12.0 Å². The van der Waals surface area contributed by atoms with Gasteiger partial charge in [0.25, 0.3) is 5.91 Å². The third-order valence-electron chi connectivity index (χ3n) is 3.38. The Morgan fingerprint density at radius 3 is 2.20 bits per heavy atom. The van der Waals surface area contributed by atoms with Crippen LogP contribution < -0.4 is 15.8 Å². The lowest BCUT2D eigenvalue weighted by Gasteiger charge is -2.16. The highest BCUT2D eigenvalue weighted by atomic mass is 19.1. The number of benzene rings is 2. The quantitative estimate of drug-likeness (QED) is 0.614. The van der Waals surface area contributed by atoms with E-state index in [1.54, 1.807) is 0 Å². The molecule has 0 fully saturated rings. The Morgan fingerprint density at radius 1 is 1.08 bits per heavy atom. The second-order valence-corrected chi connectivity index (χ2v) is 5.38. The summed E-state index contributed by atoms with van der Waals surface area (Å²) in [7, 11) is 0. The molecule has 0 heterocycles. The van der Waals surface area contributed by atoms with Crippen LogP contribution in [0.5, 0.6) is 5.75 Å². The zero-order valence-corrected chi connectivity index (χ0v) is 13.5. The summed E-state index contributed by atoms with van der Waals surface area (Å²) >= 11 is 0. The summed E-state index contributed by atoms with van der Waals surface area (Å²) in [6.45, 7) is 1.27. The van der Waals surface area contributed by atoms with Crippen molar-refractivity contribution in [2.45, 2.75) is 19.4 Å². The summed E-state index contributed by atoms with van der Waals surface area (Å²) in [6, 6.07) is 10.5. The summed E-state index contributed by atoms with van der Waals surface area (Å²) < 4.78 is 17.8. The van der Waals surface area contributed by atoms with Gasteiger partial charge in [0.2, 0.25) is 5.91 Å². The maximum Gasteiger partial charge on any atom is 0.308 e. The lowest BCUT2D eigenvalue weighted by molar-refractivity contribution is -0.131. The predicted molar refractivity (Wildman–Crippen MR) is 88.3 cm³/mol. The summed E-state index contributed by atoms with van der Waals surface area (Å²) in [6.07, 6.45) is 0.146. The minimum atomic E-state index is -0.939. The van der Waals surface area contributed by atoms with Gasteiger partial charge in [0.1, 0.15) is 17.6 Å². The summed E-state index contributed by atoms with van der Waals surface area (Å²) in [5, 5.41) is 2.54. The number of primary amides is 1. The van der Waals surface area contributed by atoms with E-state index in [0.29, 0.717) is 11.3 Å². The molecular formula is C18H17FN2O4. The van der Waals surface area contributed by atoms with Gasteiger partial charge in [-0.1, -0.05) is 12.1 Å². The molecule has 0 aliphatic carbocycles. The van der Waals surface area contributed by atoms with Gasteiger partial charge in [0.05, 0.1) is 0 Å². The first-order chi connectivity index (χ1) is 11.8. The van der Waals surface area contributed by atoms with Gasteiger partial charge >= 0.3 is 5.97 Å². The van der Waals surface area contributed by atoms with Crippen LogP contribution in [0.15, 0.2) is 48.5 Å². The van der Waals surface area contributed by atoms with Crippen LogP contribution in [0.2, 0.25) is 0 Å². The first-order valence-corrected chi connectivity index (χ1v) is 7.48. The number of nitrogens with two attached hydrogens (primary N) is 1. The number of carbonyl (C=O) groups is 3. The van der Waals surface area contributed by atoms with E-state index >= 15 is 0 Å². The molecule has 0 aliphatic heterocycles. The number of ether oxygens (including phenoxy) is 1. The average Bonchev–Trinajstić information content (AvgIpc) is 2.56. The Labute approximate surface area is 143 Å². The molecule has 0 radical (unpaired) electrons. The topological polar surface area (TPSA) is 98.5 Å². The minimum absolute atomic E-state index is 0.146. The van der Waals surface area contributed by atoms with E-state index in [9.17, 15) is 18.8 Å². The summed E-state index contributed by atoms with van der Waals surface area (Å²) in [5.74, 6) is -1.75. The number of rotatable bonds is 6. The van der Waals surface area contributed by atoms with E-state index in [1.807, 2.05) is 0 Å². The molecule has 2 aromatic carbocycles. The fraction of sp³-hybridized carbons (Fsp3) is 0.167. The molecule has 130 valence electrons. The van der Waals surface area contributed by atoms with Crippen molar-refractivity contribution >= 4 is 17.8 Å². The molecule has 25 heavy (non-hydrogen) atoms. The van der Waals surface area contributed by atoms with E-state index in [0.717, 1.165) is 0 Å². The molecule has 2 amide bonds. The first kappa shape index (κ1) is 18.1. The van der Waals surface area contributed by atoms with Crippen LogP contribution in [0.3, 0.4) is 0 Å². The Kier molecular flexibility index (Phi) is 5.84. The van der Waals surface area contributed by atoms with Crippen molar-refractivity contribution in [2.24, 2.45) is 5.73 Å². The van der Waals surface area contributed by atoms with Gasteiger partial charge < -0.3 is 15.8 Å². The van der Waals surface area contributed by atoms with Gasteiger partial charge in [0.15, 0.2) is 0 Å². The Morgan fingerprint density at radius 2 is 1.68 bits per heavy atom. The number of amides is 2. The fourth-order valence-corrected chi connectivity index (χ4v) is 2.16. The predicted octanol–water partition coefficient (Wildman–Crippen LogP) is 1.58. The molecule has 6 nitrogen and oxygen atoms in total. The van der Waals surface area contributed by atoms with Gasteiger partial charge in [-0.25, -0.2) is 4.39 Å². The summed E-state index contributed by atoms with van der Waals surface area (Å²) in [5.41, 5.74) is 6.28. The number of carbonyl (C=O) groups excluding carboxylic acids is 3. The minimum Gasteiger partial charge on any atom is -0.427 e. The van der Waals surface area contributed by atoms with Gasteiger partial charge in [-0.15, -0.1) is 0 Å². The van der Waals surface area contributed by atoms with Crippen LogP contribution in [0.1, 0.15) is 22.8 Å². The number of halogens is 1. The largest absolute Gasteiger partial charge is 0.427 e. The Bertz CT molecular complexity index is 773. The molecule has 0 bridgehead atoms. The van der Waals surface area contributed by atoms with E-state index in [4.69, 9.17) is 10.5 Å². The van der Waals surface area contributed by atoms with Crippen molar-refractivity contribution in [3.05, 3.63) is 65.5 Å². The fourth-order valence-electron chi connectivity index (χ4n) is 2.16. The molecule has 0 saturated heterocycles. The SMILES string of the molecule is CC(=O)Oc1ccc(C(=O)N[C@@H](Cc2ccc(F)cc2)C(N)=O)cc1. The lowest BCUT2D eigenvalue weighted by Crippen LogP contribution is -2.45. The first-order valence-electron chi connectivity index (χ1n) is 7.48. The molecule has 7 heteroatoms. The maximum atomic E-state index is 12.9. The Balaban J connectivity index is 2.05. The van der Waals surface area contributed by atoms with Gasteiger partial charge in [-0.05, 0) is 42.0 Å². The zero-order valence-electron chi connectivity index (χ0n) is 13.5. The van der Waals surface area contributed by atoms with Crippen LogP contribution in [-0.4, -0.2) is 23.8 Å². The maximum absolute atomic E-state index is 12.9. The van der Waals surface area contributed by atoms with Crippen molar-refractivity contribution in [2.75, 3.05) is 0 Å². The third-order valence-corrected chi connectivity index (χ3v) is 3.38. The van der Waals surface area contributed by atoms with Crippen LogP contribution in [0, 0.1) is 5.82 Å². The smallest absolute Gasteiger partial charge is 0.308 e. The molecule has 0 aliphatic rings.